The first kappa shape index (κ1) is 22.4. The molecule has 0 aliphatic rings. The third kappa shape index (κ3) is 4.98. The summed E-state index contributed by atoms with van der Waals surface area (Å²) >= 11 is -3.48. The summed E-state index contributed by atoms with van der Waals surface area (Å²) in [6.45, 7) is 0. The van der Waals surface area contributed by atoms with Gasteiger partial charge in [-0.3, -0.25) is 0 Å². The zero-order valence-electron chi connectivity index (χ0n) is 18.3. The monoisotopic (exact) mass is 528 g/mol. The van der Waals surface area contributed by atoms with Crippen LogP contribution in [0.5, 0.6) is 5.75 Å². The molecule has 0 bridgehead atoms. The van der Waals surface area contributed by atoms with E-state index in [9.17, 15) is 5.11 Å². The maximum absolute atomic E-state index is 11.3. The summed E-state index contributed by atoms with van der Waals surface area (Å²) in [4.78, 5) is 0. The molecule has 1 N–H and O–H groups in total. The fraction of sp³-hybridized carbons (Fsp3) is 0.103. The zero-order chi connectivity index (χ0) is 22.2. The Morgan fingerprint density at radius 3 is 1.53 bits per heavy atom. The normalized spacial score (nSPS) is 12.6. The summed E-state index contributed by atoms with van der Waals surface area (Å²) in [6.07, 6.45) is 3.39. The molecule has 0 amide bonds. The van der Waals surface area contributed by atoms with E-state index in [2.05, 4.69) is 91.0 Å². The van der Waals surface area contributed by atoms with Crippen LogP contribution >= 0.6 is 0 Å². The molecule has 0 aliphatic carbocycles. The number of hydrogen-bond donors (Lipinski definition) is 1. The van der Waals surface area contributed by atoms with Crippen LogP contribution in [0.1, 0.15) is 5.56 Å². The minimum absolute atomic E-state index is 0.548. The molecule has 0 radical (unpaired) electrons. The van der Waals surface area contributed by atoms with Gasteiger partial charge in [0.1, 0.15) is 0 Å². The predicted molar refractivity (Wildman–Crippen MR) is 137 cm³/mol. The number of aliphatic hydroxyl groups excluding tert-OH is 1. The molecule has 0 heterocycles. The van der Waals surface area contributed by atoms with Crippen LogP contribution in [0, 0.1) is 0 Å². The topological polar surface area (TPSA) is 29.5 Å². The molecule has 0 aliphatic heterocycles. The van der Waals surface area contributed by atoms with E-state index in [0.717, 1.165) is 15.7 Å². The third-order valence-electron chi connectivity index (χ3n) is 5.94. The number of benzene rings is 4. The molecule has 1 atom stereocenters. The Labute approximate surface area is 194 Å². The number of aliphatic hydroxyl groups is 1. The van der Waals surface area contributed by atoms with Crippen LogP contribution < -0.4 is 15.5 Å². The molecule has 3 heteroatoms. The SMILES string of the molecule is COc1ccc(/C=C/C(O)[CH2][Sn]([c]2ccccc2)([c]2ccccc2)[c]2ccccc2)cc1. The summed E-state index contributed by atoms with van der Waals surface area (Å²) in [5.41, 5.74) is 1.05. The quantitative estimate of drug-likeness (QED) is 0.348. The summed E-state index contributed by atoms with van der Waals surface area (Å²) in [5, 5.41) is 11.3. The molecular weight excluding hydrogens is 499 g/mol. The molecule has 4 aromatic carbocycles. The molecule has 4 rings (SSSR count). The van der Waals surface area contributed by atoms with Gasteiger partial charge in [0.25, 0.3) is 0 Å². The molecule has 0 saturated heterocycles. The molecule has 0 fully saturated rings. The van der Waals surface area contributed by atoms with Crippen LogP contribution in [0.15, 0.2) is 121 Å². The van der Waals surface area contributed by atoms with Crippen molar-refractivity contribution in [3.05, 3.63) is 127 Å². The Bertz CT molecular complexity index is 1030. The van der Waals surface area contributed by atoms with Gasteiger partial charge in [-0.1, -0.05) is 0 Å². The van der Waals surface area contributed by atoms with Gasteiger partial charge in [0.05, 0.1) is 0 Å². The van der Waals surface area contributed by atoms with Crippen molar-refractivity contribution in [1.29, 1.82) is 0 Å². The van der Waals surface area contributed by atoms with Crippen LogP contribution in [0.2, 0.25) is 4.44 Å². The number of hydrogen-bond acceptors (Lipinski definition) is 2. The molecule has 2 nitrogen and oxygen atoms in total. The van der Waals surface area contributed by atoms with E-state index in [4.69, 9.17) is 4.74 Å². The number of ether oxygens (including phenoxy) is 1. The van der Waals surface area contributed by atoms with E-state index in [1.807, 2.05) is 36.4 Å². The first-order valence-corrected chi connectivity index (χ1v) is 17.2. The van der Waals surface area contributed by atoms with Crippen LogP contribution in [0.3, 0.4) is 0 Å². The molecule has 4 aromatic rings. The standard InChI is InChI=1S/C11H13O2.3C6H5.Sn/c1-9(12)3-4-10-5-7-11(13-2)8-6-10;3*1-2-4-6-5-3-1;/h3-9,12H,1H2,2H3;3*1-5H;/b4-3+;;;;. The molecule has 1 unspecified atom stereocenters. The maximum atomic E-state index is 11.3. The van der Waals surface area contributed by atoms with E-state index in [-0.39, 0.29) is 0 Å². The summed E-state index contributed by atoms with van der Waals surface area (Å²) < 4.78 is 10.1. The van der Waals surface area contributed by atoms with Crippen LogP contribution in [0.4, 0.5) is 0 Å². The Kier molecular flexibility index (Phi) is 7.46. The Balaban J connectivity index is 1.76. The van der Waals surface area contributed by atoms with Gasteiger partial charge in [-0.2, -0.15) is 0 Å². The number of rotatable bonds is 8. The van der Waals surface area contributed by atoms with Gasteiger partial charge in [-0.05, 0) is 0 Å². The Hall–Kier alpha value is -2.82. The molecule has 0 spiro atoms. The third-order valence-corrected chi connectivity index (χ3v) is 20.2. The summed E-state index contributed by atoms with van der Waals surface area (Å²) in [7, 11) is 1.66. The van der Waals surface area contributed by atoms with Crippen molar-refractivity contribution >= 4 is 35.2 Å². The van der Waals surface area contributed by atoms with E-state index in [0.29, 0.717) is 0 Å². The van der Waals surface area contributed by atoms with Crippen LogP contribution in [-0.4, -0.2) is 36.7 Å². The second kappa shape index (κ2) is 10.7. The van der Waals surface area contributed by atoms with Crippen molar-refractivity contribution in [2.75, 3.05) is 7.11 Å². The average Bonchev–Trinajstić information content (AvgIpc) is 2.88. The second-order valence-electron chi connectivity index (χ2n) is 7.91. The zero-order valence-corrected chi connectivity index (χ0v) is 21.1. The average molecular weight is 527 g/mol. The molecule has 32 heavy (non-hydrogen) atoms. The van der Waals surface area contributed by atoms with Crippen LogP contribution in [0.25, 0.3) is 6.08 Å². The van der Waals surface area contributed by atoms with Gasteiger partial charge in [-0.15, -0.1) is 0 Å². The molecule has 0 aromatic heterocycles. The molecule has 160 valence electrons. The Morgan fingerprint density at radius 1 is 0.688 bits per heavy atom. The number of methoxy groups -OCH3 is 1. The van der Waals surface area contributed by atoms with Gasteiger partial charge in [0.2, 0.25) is 0 Å². The van der Waals surface area contributed by atoms with Crippen molar-refractivity contribution in [2.45, 2.75) is 10.5 Å². The van der Waals surface area contributed by atoms with Gasteiger partial charge in [0.15, 0.2) is 0 Å². The van der Waals surface area contributed by atoms with Gasteiger partial charge in [-0.25, -0.2) is 0 Å². The second-order valence-corrected chi connectivity index (χ2v) is 19.2. The van der Waals surface area contributed by atoms with E-state index in [1.54, 1.807) is 7.11 Å². The van der Waals surface area contributed by atoms with Crippen molar-refractivity contribution in [2.24, 2.45) is 0 Å². The minimum atomic E-state index is -3.48. The summed E-state index contributed by atoms with van der Waals surface area (Å²) in [5.74, 6) is 0.829. The van der Waals surface area contributed by atoms with Crippen molar-refractivity contribution in [1.82, 2.24) is 0 Å². The fourth-order valence-electron chi connectivity index (χ4n) is 4.34. The Morgan fingerprint density at radius 2 is 1.12 bits per heavy atom. The van der Waals surface area contributed by atoms with E-state index in [1.165, 1.54) is 10.7 Å². The van der Waals surface area contributed by atoms with E-state index >= 15 is 0 Å². The predicted octanol–water partition coefficient (Wildman–Crippen LogP) is 4.24. The van der Waals surface area contributed by atoms with Crippen LogP contribution in [-0.2, 0) is 0 Å². The molecule has 0 saturated carbocycles. The van der Waals surface area contributed by atoms with Crippen molar-refractivity contribution < 1.29 is 9.84 Å². The summed E-state index contributed by atoms with van der Waals surface area (Å²) in [6, 6.07) is 40.3. The van der Waals surface area contributed by atoms with E-state index < -0.39 is 24.5 Å². The van der Waals surface area contributed by atoms with Crippen molar-refractivity contribution in [3.63, 3.8) is 0 Å². The van der Waals surface area contributed by atoms with Gasteiger partial charge < -0.3 is 0 Å². The first-order valence-electron chi connectivity index (χ1n) is 10.9. The molecular formula is C29H28O2Sn. The van der Waals surface area contributed by atoms with Gasteiger partial charge in [0, 0.05) is 0 Å². The fourth-order valence-corrected chi connectivity index (χ4v) is 17.9. The van der Waals surface area contributed by atoms with Gasteiger partial charge >= 0.3 is 195 Å². The first-order chi connectivity index (χ1) is 15.7. The van der Waals surface area contributed by atoms with Crippen molar-refractivity contribution in [3.8, 4) is 5.75 Å².